The van der Waals surface area contributed by atoms with Crippen molar-refractivity contribution in [1.29, 1.82) is 0 Å². The van der Waals surface area contributed by atoms with Gasteiger partial charge in [-0.2, -0.15) is 0 Å². The van der Waals surface area contributed by atoms with E-state index in [1.165, 1.54) is 23.5 Å². The molecule has 0 saturated carbocycles. The predicted octanol–water partition coefficient (Wildman–Crippen LogP) is 6.32. The Morgan fingerprint density at radius 2 is 1.81 bits per heavy atom. The molecule has 1 aliphatic rings. The van der Waals surface area contributed by atoms with Gasteiger partial charge in [0, 0.05) is 28.0 Å². The minimum absolute atomic E-state index is 0.0101. The summed E-state index contributed by atoms with van der Waals surface area (Å²) in [7, 11) is -3.30. The van der Waals surface area contributed by atoms with Crippen molar-refractivity contribution < 1.29 is 22.0 Å². The second-order valence-corrected chi connectivity index (χ2v) is 13.2. The van der Waals surface area contributed by atoms with Crippen LogP contribution in [0, 0.1) is 17.6 Å². The van der Waals surface area contributed by atoms with Crippen LogP contribution in [0.4, 0.5) is 13.9 Å². The van der Waals surface area contributed by atoms with E-state index in [1.54, 1.807) is 26.0 Å². The molecule has 0 spiro atoms. The van der Waals surface area contributed by atoms with Crippen molar-refractivity contribution >= 4 is 43.8 Å². The molecular formula is C26H28ClF2N3O3S2. The Labute approximate surface area is 224 Å². The molecule has 2 heterocycles. The van der Waals surface area contributed by atoms with Crippen LogP contribution in [0.25, 0.3) is 0 Å². The minimum atomic E-state index is -3.30. The molecular weight excluding hydrogens is 540 g/mol. The van der Waals surface area contributed by atoms with E-state index in [1.807, 2.05) is 18.7 Å². The number of hydrogen-bond donors (Lipinski definition) is 1. The summed E-state index contributed by atoms with van der Waals surface area (Å²) in [6, 6.07) is 7.78. The standard InChI is InChI=1S/C26H28ClF2N3O3S2/c1-5-37(34,35)18-8-6-16(7-9-18)10-22(33)30-26-31-24-21(36-26)13-32(25(24)14(2)3)15(4)23-19(28)11-17(27)12-20(23)29/h6-9,11-12,14-15,25H,5,10,13H2,1-4H3,(H,30,31,33)/t15-,25-/m0/s1. The van der Waals surface area contributed by atoms with E-state index in [2.05, 4.69) is 10.3 Å². The quantitative estimate of drug-likeness (QED) is 0.344. The first-order valence-corrected chi connectivity index (χ1v) is 14.8. The molecule has 0 bridgehead atoms. The van der Waals surface area contributed by atoms with Crippen LogP contribution in [-0.2, 0) is 27.6 Å². The van der Waals surface area contributed by atoms with Crippen LogP contribution >= 0.6 is 22.9 Å². The van der Waals surface area contributed by atoms with E-state index in [9.17, 15) is 22.0 Å². The van der Waals surface area contributed by atoms with Crippen molar-refractivity contribution in [2.75, 3.05) is 11.1 Å². The second kappa shape index (κ2) is 10.8. The minimum Gasteiger partial charge on any atom is -0.302 e. The Morgan fingerprint density at radius 1 is 1.19 bits per heavy atom. The lowest BCUT2D eigenvalue weighted by atomic mass is 9.98. The largest absolute Gasteiger partial charge is 0.302 e. The molecule has 1 amide bonds. The van der Waals surface area contributed by atoms with Gasteiger partial charge in [0.25, 0.3) is 0 Å². The first-order valence-electron chi connectivity index (χ1n) is 11.9. The monoisotopic (exact) mass is 567 g/mol. The summed E-state index contributed by atoms with van der Waals surface area (Å²) < 4.78 is 53.2. The molecule has 0 fully saturated rings. The normalized spacial score (nSPS) is 16.7. The molecule has 1 aliphatic heterocycles. The highest BCUT2D eigenvalue weighted by Gasteiger charge is 2.40. The number of rotatable bonds is 8. The number of aromatic nitrogens is 1. The highest BCUT2D eigenvalue weighted by Crippen LogP contribution is 2.47. The lowest BCUT2D eigenvalue weighted by Crippen LogP contribution is -2.30. The Morgan fingerprint density at radius 3 is 2.38 bits per heavy atom. The zero-order valence-electron chi connectivity index (χ0n) is 20.9. The predicted molar refractivity (Wildman–Crippen MR) is 142 cm³/mol. The average Bonchev–Trinajstić information content (AvgIpc) is 3.35. The third-order valence-electron chi connectivity index (χ3n) is 6.56. The third kappa shape index (κ3) is 5.72. The lowest BCUT2D eigenvalue weighted by Gasteiger charge is -2.33. The molecule has 0 radical (unpaired) electrons. The second-order valence-electron chi connectivity index (χ2n) is 9.42. The number of sulfone groups is 1. The van der Waals surface area contributed by atoms with Crippen LogP contribution in [0.3, 0.4) is 0 Å². The number of anilines is 1. The summed E-state index contributed by atoms with van der Waals surface area (Å²) in [5.74, 6) is -1.52. The Hall–Kier alpha value is -2.40. The van der Waals surface area contributed by atoms with Crippen molar-refractivity contribution in [2.24, 2.45) is 5.92 Å². The van der Waals surface area contributed by atoms with E-state index in [0.717, 1.165) is 22.7 Å². The maximum atomic E-state index is 14.6. The topological polar surface area (TPSA) is 79.4 Å². The highest BCUT2D eigenvalue weighted by molar-refractivity contribution is 7.91. The number of nitrogens with one attached hydrogen (secondary N) is 1. The summed E-state index contributed by atoms with van der Waals surface area (Å²) in [6.07, 6.45) is 0.0720. The third-order valence-corrected chi connectivity index (χ3v) is 9.50. The van der Waals surface area contributed by atoms with Gasteiger partial charge in [-0.25, -0.2) is 22.2 Å². The van der Waals surface area contributed by atoms with Crippen LogP contribution in [0.5, 0.6) is 0 Å². The van der Waals surface area contributed by atoms with Gasteiger partial charge < -0.3 is 5.32 Å². The fourth-order valence-electron chi connectivity index (χ4n) is 4.71. The van der Waals surface area contributed by atoms with Gasteiger partial charge in [0.05, 0.1) is 28.8 Å². The number of benzene rings is 2. The highest BCUT2D eigenvalue weighted by atomic mass is 35.5. The molecule has 0 saturated heterocycles. The first kappa shape index (κ1) is 27.6. The Bertz CT molecular complexity index is 1400. The Balaban J connectivity index is 1.48. The number of carbonyl (C=O) groups is 1. The van der Waals surface area contributed by atoms with E-state index in [0.29, 0.717) is 17.2 Å². The molecule has 6 nitrogen and oxygen atoms in total. The average molecular weight is 568 g/mol. The summed E-state index contributed by atoms with van der Waals surface area (Å²) in [6.45, 7) is 7.84. The van der Waals surface area contributed by atoms with Crippen molar-refractivity contribution in [3.05, 3.63) is 74.8 Å². The number of fused-ring (bicyclic) bond motifs is 1. The van der Waals surface area contributed by atoms with Crippen molar-refractivity contribution in [3.63, 3.8) is 0 Å². The van der Waals surface area contributed by atoms with Gasteiger partial charge in [-0.05, 0) is 42.7 Å². The number of hydrogen-bond acceptors (Lipinski definition) is 6. The summed E-state index contributed by atoms with van der Waals surface area (Å²) in [5, 5.41) is 3.30. The molecule has 0 unspecified atom stereocenters. The maximum Gasteiger partial charge on any atom is 0.230 e. The van der Waals surface area contributed by atoms with Crippen molar-refractivity contribution in [2.45, 2.75) is 57.6 Å². The van der Waals surface area contributed by atoms with Gasteiger partial charge in [-0.15, -0.1) is 11.3 Å². The van der Waals surface area contributed by atoms with Gasteiger partial charge in [-0.3, -0.25) is 9.69 Å². The molecule has 2 atom stereocenters. The number of halogens is 3. The summed E-state index contributed by atoms with van der Waals surface area (Å²) in [4.78, 5) is 20.5. The van der Waals surface area contributed by atoms with Crippen LogP contribution in [0.15, 0.2) is 41.3 Å². The number of carbonyl (C=O) groups excluding carboxylic acids is 1. The molecule has 1 N–H and O–H groups in total. The van der Waals surface area contributed by atoms with Gasteiger partial charge in [-0.1, -0.05) is 44.5 Å². The zero-order chi connectivity index (χ0) is 27.1. The van der Waals surface area contributed by atoms with Crippen LogP contribution in [-0.4, -0.2) is 30.0 Å². The van der Waals surface area contributed by atoms with Gasteiger partial charge in [0.2, 0.25) is 5.91 Å². The molecule has 1 aromatic heterocycles. The molecule has 198 valence electrons. The molecule has 0 aliphatic carbocycles. The van der Waals surface area contributed by atoms with Crippen LogP contribution in [0.1, 0.15) is 61.5 Å². The van der Waals surface area contributed by atoms with Gasteiger partial charge in [0.15, 0.2) is 15.0 Å². The molecule has 3 aromatic rings. The molecule has 4 rings (SSSR count). The maximum absolute atomic E-state index is 14.6. The smallest absolute Gasteiger partial charge is 0.230 e. The summed E-state index contributed by atoms with van der Waals surface area (Å²) >= 11 is 7.15. The van der Waals surface area contributed by atoms with E-state index < -0.39 is 27.5 Å². The van der Waals surface area contributed by atoms with Crippen LogP contribution in [0.2, 0.25) is 5.02 Å². The first-order chi connectivity index (χ1) is 17.4. The van der Waals surface area contributed by atoms with E-state index in [4.69, 9.17) is 11.6 Å². The Kier molecular flexibility index (Phi) is 8.04. The van der Waals surface area contributed by atoms with E-state index in [-0.39, 0.29) is 45.5 Å². The summed E-state index contributed by atoms with van der Waals surface area (Å²) in [5.41, 5.74) is 1.45. The number of thiazole rings is 1. The van der Waals surface area contributed by atoms with Crippen molar-refractivity contribution in [3.8, 4) is 0 Å². The van der Waals surface area contributed by atoms with Crippen molar-refractivity contribution in [1.82, 2.24) is 9.88 Å². The fourth-order valence-corrected chi connectivity index (χ4v) is 6.81. The molecule has 37 heavy (non-hydrogen) atoms. The SMILES string of the molecule is CCS(=O)(=O)c1ccc(CC(=O)Nc2nc3c(s2)CN([C@@H](C)c2c(F)cc(Cl)cc2F)[C@H]3C(C)C)cc1. The number of amides is 1. The van der Waals surface area contributed by atoms with Crippen LogP contribution < -0.4 is 5.32 Å². The zero-order valence-corrected chi connectivity index (χ0v) is 23.3. The molecule has 2 aromatic carbocycles. The fraction of sp³-hybridized carbons (Fsp3) is 0.385. The molecule has 11 heteroatoms. The van der Waals surface area contributed by atoms with Gasteiger partial charge in [0.1, 0.15) is 11.6 Å². The lowest BCUT2D eigenvalue weighted by molar-refractivity contribution is -0.115. The number of nitrogens with zero attached hydrogens (tertiary/aromatic N) is 2. The van der Waals surface area contributed by atoms with Gasteiger partial charge >= 0.3 is 0 Å². The van der Waals surface area contributed by atoms with E-state index >= 15 is 0 Å².